The Morgan fingerprint density at radius 2 is 1.93 bits per heavy atom. The van der Waals surface area contributed by atoms with Crippen LogP contribution in [-0.2, 0) is 0 Å². The first-order valence-electron chi connectivity index (χ1n) is 4.16. The van der Waals surface area contributed by atoms with Crippen molar-refractivity contribution in [2.75, 3.05) is 5.73 Å². The second-order valence-electron chi connectivity index (χ2n) is 3.02. The van der Waals surface area contributed by atoms with Crippen LogP contribution in [0.1, 0.15) is 5.69 Å². The number of rotatable bonds is 1. The van der Waals surface area contributed by atoms with Gasteiger partial charge in [0.1, 0.15) is 11.4 Å². The van der Waals surface area contributed by atoms with Crippen molar-refractivity contribution in [2.45, 2.75) is 6.92 Å². The van der Waals surface area contributed by atoms with E-state index < -0.39 is 0 Å². The van der Waals surface area contributed by atoms with E-state index in [1.165, 1.54) is 0 Å². The first-order chi connectivity index (χ1) is 6.68. The molecular weight excluding hydrogens is 200 g/mol. The van der Waals surface area contributed by atoms with E-state index in [1.807, 2.05) is 12.1 Å². The maximum Gasteiger partial charge on any atom is 0.189 e. The molecule has 0 unspecified atom stereocenters. The lowest BCUT2D eigenvalue weighted by atomic mass is 10.1. The van der Waals surface area contributed by atoms with Gasteiger partial charge in [0.2, 0.25) is 0 Å². The second kappa shape index (κ2) is 3.35. The Morgan fingerprint density at radius 1 is 1.29 bits per heavy atom. The zero-order chi connectivity index (χ0) is 10.1. The van der Waals surface area contributed by atoms with Crippen molar-refractivity contribution in [1.29, 1.82) is 0 Å². The van der Waals surface area contributed by atoms with Crippen LogP contribution >= 0.6 is 11.6 Å². The minimum Gasteiger partial charge on any atom is -0.394 e. The van der Waals surface area contributed by atoms with E-state index in [1.54, 1.807) is 19.1 Å². The number of aryl methyl sites for hydroxylation is 1. The van der Waals surface area contributed by atoms with Crippen LogP contribution in [0, 0.1) is 6.92 Å². The number of halogens is 1. The molecule has 1 aromatic heterocycles. The normalized spacial score (nSPS) is 10.4. The van der Waals surface area contributed by atoms with Gasteiger partial charge in [0, 0.05) is 10.6 Å². The molecule has 14 heavy (non-hydrogen) atoms. The van der Waals surface area contributed by atoms with Crippen LogP contribution in [0.25, 0.3) is 11.3 Å². The van der Waals surface area contributed by atoms with Gasteiger partial charge < -0.3 is 10.3 Å². The fourth-order valence-corrected chi connectivity index (χ4v) is 1.31. The predicted octanol–water partition coefficient (Wildman–Crippen LogP) is 2.89. The van der Waals surface area contributed by atoms with Crippen molar-refractivity contribution in [3.63, 3.8) is 0 Å². The standard InChI is InChI=1S/C10H9ClN2O/c1-6-9(12)10(14-13-6)7-2-4-8(11)5-3-7/h2-5H,12H2,1H3. The van der Waals surface area contributed by atoms with Gasteiger partial charge in [-0.15, -0.1) is 0 Å². The number of hydrogen-bond acceptors (Lipinski definition) is 3. The Hall–Kier alpha value is -1.48. The Labute approximate surface area is 86.5 Å². The molecule has 0 aliphatic rings. The molecule has 0 fully saturated rings. The first kappa shape index (κ1) is 9.09. The molecule has 0 saturated heterocycles. The van der Waals surface area contributed by atoms with Crippen molar-refractivity contribution < 1.29 is 4.52 Å². The third-order valence-corrected chi connectivity index (χ3v) is 2.27. The molecule has 72 valence electrons. The maximum atomic E-state index is 5.78. The summed E-state index contributed by atoms with van der Waals surface area (Å²) in [5.41, 5.74) is 7.95. The van der Waals surface area contributed by atoms with Gasteiger partial charge in [0.05, 0.1) is 0 Å². The Morgan fingerprint density at radius 3 is 2.43 bits per heavy atom. The number of nitrogens with two attached hydrogens (primary N) is 1. The summed E-state index contributed by atoms with van der Waals surface area (Å²) in [5.74, 6) is 0.596. The first-order valence-corrected chi connectivity index (χ1v) is 4.54. The summed E-state index contributed by atoms with van der Waals surface area (Å²) in [6.07, 6.45) is 0. The van der Waals surface area contributed by atoms with Crippen LogP contribution in [0.4, 0.5) is 5.69 Å². The summed E-state index contributed by atoms with van der Waals surface area (Å²) in [6.45, 7) is 1.80. The molecule has 2 rings (SSSR count). The molecule has 0 atom stereocenters. The minimum atomic E-state index is 0.576. The quantitative estimate of drug-likeness (QED) is 0.784. The summed E-state index contributed by atoms with van der Waals surface area (Å²) in [4.78, 5) is 0. The van der Waals surface area contributed by atoms with E-state index in [-0.39, 0.29) is 0 Å². The number of aromatic nitrogens is 1. The molecule has 1 aromatic carbocycles. The summed E-state index contributed by atoms with van der Waals surface area (Å²) < 4.78 is 5.10. The highest BCUT2D eigenvalue weighted by atomic mass is 35.5. The average molecular weight is 209 g/mol. The van der Waals surface area contributed by atoms with Crippen molar-refractivity contribution >= 4 is 17.3 Å². The molecule has 3 nitrogen and oxygen atoms in total. The van der Waals surface area contributed by atoms with E-state index >= 15 is 0 Å². The predicted molar refractivity (Wildman–Crippen MR) is 56.1 cm³/mol. The van der Waals surface area contributed by atoms with E-state index in [4.69, 9.17) is 21.9 Å². The fourth-order valence-electron chi connectivity index (χ4n) is 1.19. The monoisotopic (exact) mass is 208 g/mol. The van der Waals surface area contributed by atoms with Gasteiger partial charge in [-0.3, -0.25) is 0 Å². The zero-order valence-electron chi connectivity index (χ0n) is 7.62. The van der Waals surface area contributed by atoms with Crippen LogP contribution in [0.5, 0.6) is 0 Å². The lowest BCUT2D eigenvalue weighted by Crippen LogP contribution is -1.87. The number of nitrogens with zero attached hydrogens (tertiary/aromatic N) is 1. The summed E-state index contributed by atoms with van der Waals surface area (Å²) in [5, 5.41) is 4.47. The Kier molecular flexibility index (Phi) is 2.17. The number of nitrogen functional groups attached to an aromatic ring is 1. The molecule has 0 bridgehead atoms. The highest BCUT2D eigenvalue weighted by molar-refractivity contribution is 6.30. The number of hydrogen-bond donors (Lipinski definition) is 1. The summed E-state index contributed by atoms with van der Waals surface area (Å²) >= 11 is 5.77. The smallest absolute Gasteiger partial charge is 0.189 e. The molecule has 0 saturated carbocycles. The van der Waals surface area contributed by atoms with E-state index in [9.17, 15) is 0 Å². The molecule has 0 radical (unpaired) electrons. The van der Waals surface area contributed by atoms with Gasteiger partial charge in [-0.25, -0.2) is 0 Å². The SMILES string of the molecule is Cc1noc(-c2ccc(Cl)cc2)c1N. The highest BCUT2D eigenvalue weighted by Crippen LogP contribution is 2.28. The maximum absolute atomic E-state index is 5.78. The van der Waals surface area contributed by atoms with Crippen LogP contribution in [0.2, 0.25) is 5.02 Å². The molecule has 2 aromatic rings. The number of benzene rings is 1. The zero-order valence-corrected chi connectivity index (χ0v) is 8.38. The highest BCUT2D eigenvalue weighted by Gasteiger charge is 2.10. The Balaban J connectivity index is 2.49. The van der Waals surface area contributed by atoms with Gasteiger partial charge in [-0.2, -0.15) is 0 Å². The Bertz CT molecular complexity index is 448. The van der Waals surface area contributed by atoms with E-state index in [0.717, 1.165) is 5.56 Å². The van der Waals surface area contributed by atoms with Gasteiger partial charge in [-0.1, -0.05) is 16.8 Å². The van der Waals surface area contributed by atoms with Gasteiger partial charge in [0.25, 0.3) is 0 Å². The lowest BCUT2D eigenvalue weighted by molar-refractivity contribution is 0.427. The molecule has 0 aliphatic heterocycles. The molecule has 0 amide bonds. The van der Waals surface area contributed by atoms with E-state index in [2.05, 4.69) is 5.16 Å². The number of anilines is 1. The van der Waals surface area contributed by atoms with Gasteiger partial charge >= 0.3 is 0 Å². The van der Waals surface area contributed by atoms with Crippen molar-refractivity contribution in [1.82, 2.24) is 5.16 Å². The van der Waals surface area contributed by atoms with Crippen LogP contribution < -0.4 is 5.73 Å². The summed E-state index contributed by atoms with van der Waals surface area (Å²) in [6, 6.07) is 7.26. The second-order valence-corrected chi connectivity index (χ2v) is 3.45. The van der Waals surface area contributed by atoms with Gasteiger partial charge in [0.15, 0.2) is 5.76 Å². The molecular formula is C10H9ClN2O. The molecule has 1 heterocycles. The lowest BCUT2D eigenvalue weighted by Gasteiger charge is -1.96. The van der Waals surface area contributed by atoms with Crippen LogP contribution in [0.15, 0.2) is 28.8 Å². The molecule has 0 aliphatic carbocycles. The largest absolute Gasteiger partial charge is 0.394 e. The topological polar surface area (TPSA) is 52.0 Å². The molecule has 2 N–H and O–H groups in total. The van der Waals surface area contributed by atoms with Crippen LogP contribution in [0.3, 0.4) is 0 Å². The third-order valence-electron chi connectivity index (χ3n) is 2.01. The fraction of sp³-hybridized carbons (Fsp3) is 0.100. The van der Waals surface area contributed by atoms with Crippen molar-refractivity contribution in [2.24, 2.45) is 0 Å². The van der Waals surface area contributed by atoms with Crippen molar-refractivity contribution in [3.05, 3.63) is 35.0 Å². The molecule has 4 heteroatoms. The van der Waals surface area contributed by atoms with Crippen molar-refractivity contribution in [3.8, 4) is 11.3 Å². The van der Waals surface area contributed by atoms with Crippen LogP contribution in [-0.4, -0.2) is 5.16 Å². The summed E-state index contributed by atoms with van der Waals surface area (Å²) in [7, 11) is 0. The third kappa shape index (κ3) is 1.46. The van der Waals surface area contributed by atoms with Gasteiger partial charge in [-0.05, 0) is 31.2 Å². The minimum absolute atomic E-state index is 0.576. The average Bonchev–Trinajstić information content (AvgIpc) is 2.50. The van der Waals surface area contributed by atoms with E-state index in [0.29, 0.717) is 22.2 Å². The molecule has 0 spiro atoms.